The fourth-order valence-electron chi connectivity index (χ4n) is 3.07. The van der Waals surface area contributed by atoms with Crippen LogP contribution in [-0.2, 0) is 19.9 Å². The highest BCUT2D eigenvalue weighted by Crippen LogP contribution is 2.37. The molecule has 4 nitrogen and oxygen atoms in total. The third-order valence-electron chi connectivity index (χ3n) is 4.73. The maximum Gasteiger partial charge on any atom is 0.189 e. The average Bonchev–Trinajstić information content (AvgIpc) is 3.08. The molecule has 2 rings (SSSR count). The topological polar surface area (TPSA) is 51.5 Å². The molecule has 0 atom stereocenters. The van der Waals surface area contributed by atoms with Gasteiger partial charge in [-0.15, -0.1) is 0 Å². The molecule has 1 heterocycles. The van der Waals surface area contributed by atoms with E-state index >= 15 is 0 Å². The number of ketones is 1. The van der Waals surface area contributed by atoms with Gasteiger partial charge in [-0.05, 0) is 76.5 Å². The van der Waals surface area contributed by atoms with Crippen molar-refractivity contribution in [2.45, 2.75) is 40.5 Å². The van der Waals surface area contributed by atoms with Crippen LogP contribution in [0.1, 0.15) is 54.9 Å². The zero-order valence-electron chi connectivity index (χ0n) is 18.2. The number of hydrogen-bond acceptors (Lipinski definition) is 3. The van der Waals surface area contributed by atoms with Gasteiger partial charge in [-0.3, -0.25) is 4.79 Å². The second-order valence-electron chi connectivity index (χ2n) is 7.66. The van der Waals surface area contributed by atoms with Gasteiger partial charge in [-0.25, -0.2) is 0 Å². The number of phenols is 1. The van der Waals surface area contributed by atoms with Crippen LogP contribution in [0.5, 0.6) is 11.5 Å². The summed E-state index contributed by atoms with van der Waals surface area (Å²) in [6.45, 7) is 8.08. The van der Waals surface area contributed by atoms with Crippen molar-refractivity contribution in [3.8, 4) is 11.5 Å². The van der Waals surface area contributed by atoms with E-state index < -0.39 is 0 Å². The highest BCUT2D eigenvalue weighted by molar-refractivity contribution is 6.09. The summed E-state index contributed by atoms with van der Waals surface area (Å²) >= 11 is 0. The molecule has 0 unspecified atom stereocenters. The third kappa shape index (κ3) is 5.74. The molecule has 1 aromatic heterocycles. The molecular weight excluding hydrogens is 362 g/mol. The third-order valence-corrected chi connectivity index (χ3v) is 4.73. The summed E-state index contributed by atoms with van der Waals surface area (Å²) in [5.74, 6) is 0.394. The Morgan fingerprint density at radius 2 is 1.79 bits per heavy atom. The lowest BCUT2D eigenvalue weighted by molar-refractivity contribution is 0.104. The maximum absolute atomic E-state index is 12.9. The van der Waals surface area contributed by atoms with E-state index in [4.69, 9.17) is 4.74 Å². The Bertz CT molecular complexity index is 966. The summed E-state index contributed by atoms with van der Waals surface area (Å²) in [5.41, 5.74) is 5.06. The number of ether oxygens (including phenoxy) is 1. The van der Waals surface area contributed by atoms with E-state index in [-0.39, 0.29) is 11.5 Å². The summed E-state index contributed by atoms with van der Waals surface area (Å²) in [5, 5.41) is 10.9. The Morgan fingerprint density at radius 1 is 1.14 bits per heavy atom. The van der Waals surface area contributed by atoms with Crippen molar-refractivity contribution in [2.24, 2.45) is 7.05 Å². The van der Waals surface area contributed by atoms with Gasteiger partial charge in [0.15, 0.2) is 5.78 Å². The first-order valence-corrected chi connectivity index (χ1v) is 9.76. The molecule has 0 aliphatic heterocycles. The second-order valence-corrected chi connectivity index (χ2v) is 7.66. The Labute approximate surface area is 173 Å². The van der Waals surface area contributed by atoms with Gasteiger partial charge >= 0.3 is 0 Å². The number of aryl methyl sites for hydroxylation is 1. The lowest BCUT2D eigenvalue weighted by Gasteiger charge is -2.16. The van der Waals surface area contributed by atoms with E-state index in [1.54, 1.807) is 19.3 Å². The van der Waals surface area contributed by atoms with E-state index in [1.807, 2.05) is 63.7 Å². The smallest absolute Gasteiger partial charge is 0.189 e. The van der Waals surface area contributed by atoms with Gasteiger partial charge in [0.2, 0.25) is 0 Å². The first kappa shape index (κ1) is 22.3. The molecule has 0 bridgehead atoms. The van der Waals surface area contributed by atoms with Crippen molar-refractivity contribution in [1.82, 2.24) is 4.57 Å². The molecule has 154 valence electrons. The maximum atomic E-state index is 12.9. The number of rotatable bonds is 8. The quantitative estimate of drug-likeness (QED) is 0.358. The fourth-order valence-corrected chi connectivity index (χ4v) is 3.07. The van der Waals surface area contributed by atoms with Crippen LogP contribution in [-0.4, -0.2) is 22.6 Å². The van der Waals surface area contributed by atoms with Crippen LogP contribution >= 0.6 is 0 Å². The van der Waals surface area contributed by atoms with Crippen LogP contribution < -0.4 is 4.74 Å². The number of allylic oxidation sites excluding steroid dienone is 5. The number of aromatic nitrogens is 1. The molecule has 0 spiro atoms. The summed E-state index contributed by atoms with van der Waals surface area (Å²) in [4.78, 5) is 12.9. The summed E-state index contributed by atoms with van der Waals surface area (Å²) in [6.07, 6.45) is 10.4. The van der Waals surface area contributed by atoms with Crippen molar-refractivity contribution in [3.63, 3.8) is 0 Å². The molecule has 0 saturated carbocycles. The highest BCUT2D eigenvalue weighted by atomic mass is 16.5. The van der Waals surface area contributed by atoms with E-state index in [2.05, 4.69) is 6.08 Å². The highest BCUT2D eigenvalue weighted by Gasteiger charge is 2.20. The molecule has 29 heavy (non-hydrogen) atoms. The van der Waals surface area contributed by atoms with Crippen LogP contribution in [0.3, 0.4) is 0 Å². The monoisotopic (exact) mass is 393 g/mol. The van der Waals surface area contributed by atoms with Crippen molar-refractivity contribution in [1.29, 1.82) is 0 Å². The molecule has 2 aromatic rings. The molecule has 0 saturated heterocycles. The second kappa shape index (κ2) is 9.97. The number of phenolic OH excluding ortho intramolecular Hbond substituents is 1. The molecule has 1 aromatic carbocycles. The first-order valence-electron chi connectivity index (χ1n) is 9.76. The minimum atomic E-state index is -0.233. The molecule has 0 radical (unpaired) electrons. The lowest BCUT2D eigenvalue weighted by atomic mass is 9.95. The number of methoxy groups -OCH3 is 1. The number of hydrogen-bond donors (Lipinski definition) is 1. The standard InChI is InChI=1S/C25H31NO3/c1-17(2)9-11-19-16-22(23(27)14-12-20-8-7-15-26(20)5)24(28)21(25(19)29-6)13-10-18(3)4/h7-10,12,14-16,28H,11,13H2,1-6H3/b14-12+. The molecule has 1 N–H and O–H groups in total. The SMILES string of the molecule is COc1c(CC=C(C)C)cc(C(=O)/C=C/c2cccn2C)c(O)c1CC=C(C)C. The van der Waals surface area contributed by atoms with Gasteiger partial charge in [0.05, 0.1) is 12.7 Å². The zero-order valence-corrected chi connectivity index (χ0v) is 18.2. The molecule has 0 aliphatic rings. The number of aromatic hydroxyl groups is 1. The minimum Gasteiger partial charge on any atom is -0.507 e. The number of carbonyl (C=O) groups excluding carboxylic acids is 1. The van der Waals surface area contributed by atoms with Crippen LogP contribution in [0.15, 0.2) is 53.8 Å². The van der Waals surface area contributed by atoms with Crippen molar-refractivity contribution >= 4 is 11.9 Å². The molecule has 0 aliphatic carbocycles. The lowest BCUT2D eigenvalue weighted by Crippen LogP contribution is -2.04. The van der Waals surface area contributed by atoms with E-state index in [0.717, 1.165) is 16.8 Å². The van der Waals surface area contributed by atoms with Crippen LogP contribution in [0.25, 0.3) is 6.08 Å². The Balaban J connectivity index is 2.55. The summed E-state index contributed by atoms with van der Waals surface area (Å²) in [7, 11) is 3.52. The molecule has 4 heteroatoms. The first-order chi connectivity index (χ1) is 13.7. The Kier molecular flexibility index (Phi) is 7.66. The van der Waals surface area contributed by atoms with Gasteiger partial charge in [-0.1, -0.05) is 23.3 Å². The van der Waals surface area contributed by atoms with Crippen molar-refractivity contribution in [2.75, 3.05) is 7.11 Å². The van der Waals surface area contributed by atoms with Crippen molar-refractivity contribution < 1.29 is 14.6 Å². The number of benzene rings is 1. The predicted molar refractivity (Wildman–Crippen MR) is 120 cm³/mol. The van der Waals surface area contributed by atoms with Gasteiger partial charge in [0, 0.05) is 24.5 Å². The van der Waals surface area contributed by atoms with Gasteiger partial charge in [-0.2, -0.15) is 0 Å². The van der Waals surface area contributed by atoms with E-state index in [1.165, 1.54) is 11.6 Å². The Morgan fingerprint density at radius 3 is 2.34 bits per heavy atom. The van der Waals surface area contributed by atoms with Crippen LogP contribution in [0.4, 0.5) is 0 Å². The normalized spacial score (nSPS) is 10.8. The van der Waals surface area contributed by atoms with Crippen LogP contribution in [0.2, 0.25) is 0 Å². The largest absolute Gasteiger partial charge is 0.507 e. The van der Waals surface area contributed by atoms with Gasteiger partial charge in [0.1, 0.15) is 11.5 Å². The van der Waals surface area contributed by atoms with E-state index in [0.29, 0.717) is 29.7 Å². The number of carbonyl (C=O) groups is 1. The molecule has 0 amide bonds. The number of nitrogens with zero attached hydrogens (tertiary/aromatic N) is 1. The molecule has 0 fully saturated rings. The van der Waals surface area contributed by atoms with Crippen molar-refractivity contribution in [3.05, 3.63) is 76.2 Å². The Hall–Kier alpha value is -3.01. The summed E-state index contributed by atoms with van der Waals surface area (Å²) in [6, 6.07) is 5.60. The van der Waals surface area contributed by atoms with Gasteiger partial charge < -0.3 is 14.4 Å². The predicted octanol–water partition coefficient (Wildman–Crippen LogP) is 5.65. The van der Waals surface area contributed by atoms with Crippen LogP contribution in [0, 0.1) is 0 Å². The summed E-state index contributed by atoms with van der Waals surface area (Å²) < 4.78 is 7.57. The van der Waals surface area contributed by atoms with Gasteiger partial charge in [0.25, 0.3) is 0 Å². The molecular formula is C25H31NO3. The van der Waals surface area contributed by atoms with E-state index in [9.17, 15) is 9.90 Å². The minimum absolute atomic E-state index is 0.0122. The average molecular weight is 394 g/mol. The zero-order chi connectivity index (χ0) is 21.6. The fraction of sp³-hybridized carbons (Fsp3) is 0.320.